The highest BCUT2D eigenvalue weighted by Gasteiger charge is 2.74. The second-order valence-electron chi connectivity index (χ2n) is 14.0. The van der Waals surface area contributed by atoms with E-state index in [0.717, 1.165) is 6.42 Å². The van der Waals surface area contributed by atoms with Crippen molar-refractivity contribution in [2.75, 3.05) is 13.7 Å². The summed E-state index contributed by atoms with van der Waals surface area (Å²) in [6, 6.07) is 4.83. The van der Waals surface area contributed by atoms with Crippen molar-refractivity contribution in [2.24, 2.45) is 34.5 Å². The van der Waals surface area contributed by atoms with Gasteiger partial charge in [-0.2, -0.15) is 0 Å². The van der Waals surface area contributed by atoms with Gasteiger partial charge in [-0.05, 0) is 66.5 Å². The number of halogens is 3. The Hall–Kier alpha value is -1.93. The third kappa shape index (κ3) is 4.27. The van der Waals surface area contributed by atoms with Crippen LogP contribution in [-0.4, -0.2) is 42.3 Å². The number of hydrogen-bond donors (Lipinski definition) is 3. The molecule has 6 atom stereocenters. The molecule has 5 aliphatic rings. The van der Waals surface area contributed by atoms with E-state index >= 15 is 0 Å². The number of carbonyl (C=O) groups excluding carboxylic acids is 2. The molecule has 1 aromatic rings. The highest BCUT2D eigenvalue weighted by atomic mass is 35.5. The van der Waals surface area contributed by atoms with Gasteiger partial charge in [0.1, 0.15) is 0 Å². The molecule has 0 radical (unpaired) electrons. The third-order valence-corrected chi connectivity index (χ3v) is 10.9. The molecular formula is C30H41ClF2N2O4. The monoisotopic (exact) mass is 566 g/mol. The van der Waals surface area contributed by atoms with E-state index < -0.39 is 39.7 Å². The number of rotatable bonds is 6. The van der Waals surface area contributed by atoms with Crippen LogP contribution in [0.4, 0.5) is 13.6 Å². The van der Waals surface area contributed by atoms with Crippen LogP contribution >= 0.6 is 11.6 Å². The maximum atomic E-state index is 14.9. The van der Waals surface area contributed by atoms with E-state index in [2.05, 4.69) is 24.5 Å². The topological polar surface area (TPSA) is 87.7 Å². The molecule has 5 aliphatic carbocycles. The smallest absolute Gasteiger partial charge is 0.315 e. The molecule has 6 rings (SSSR count). The maximum absolute atomic E-state index is 14.9. The molecule has 0 aromatic heterocycles. The van der Waals surface area contributed by atoms with Gasteiger partial charge in [0.2, 0.25) is 0 Å². The number of aliphatic hydroxyl groups is 1. The highest BCUT2D eigenvalue weighted by Crippen LogP contribution is 2.69. The fraction of sp³-hybridized carbons (Fsp3) is 0.733. The van der Waals surface area contributed by atoms with Gasteiger partial charge in [-0.15, -0.1) is 0 Å². The lowest BCUT2D eigenvalue weighted by molar-refractivity contribution is -0.199. The summed E-state index contributed by atoms with van der Waals surface area (Å²) in [5, 5.41) is 17.1. The van der Waals surface area contributed by atoms with Crippen molar-refractivity contribution in [2.45, 2.75) is 89.6 Å². The molecule has 0 spiro atoms. The van der Waals surface area contributed by atoms with E-state index in [4.69, 9.17) is 16.3 Å². The second kappa shape index (κ2) is 9.04. The first-order valence-corrected chi connectivity index (χ1v) is 14.4. The molecule has 0 aliphatic heterocycles. The second-order valence-corrected chi connectivity index (χ2v) is 14.4. The number of methoxy groups -OCH3 is 1. The summed E-state index contributed by atoms with van der Waals surface area (Å²) < 4.78 is 34.6. The molecule has 2 bridgehead atoms. The van der Waals surface area contributed by atoms with Gasteiger partial charge in [0.05, 0.1) is 24.0 Å². The van der Waals surface area contributed by atoms with Gasteiger partial charge in [-0.25, -0.2) is 13.6 Å². The summed E-state index contributed by atoms with van der Waals surface area (Å²) in [7, 11) is 1.38. The Bertz CT molecular complexity index is 1160. The SMILES string of the molecule is COC(=O)C12CC(NC(=O)NC3(c4ccc(C5C(C(C)(C)C)C5(F)F)c(Cl)c4)CCC(C)C(C)C3CO)(C1)C2. The minimum absolute atomic E-state index is 0.0954. The minimum atomic E-state index is -2.83. The summed E-state index contributed by atoms with van der Waals surface area (Å²) in [6.45, 7) is 9.54. The Kier molecular flexibility index (Phi) is 6.62. The van der Waals surface area contributed by atoms with Crippen LogP contribution in [0.25, 0.3) is 0 Å². The standard InChI is InChI=1S/C30H41ClF2N2O4/c1-16-9-10-29(20(12-36)17(16)2,35-25(38)34-28-13-27(14-28,15-28)24(37)39-6)18-7-8-19(21(31)11-18)22-23(26(3,4)5)30(22,32)33/h7-8,11,16-17,20,22-23,36H,9-10,12-15H2,1-6H3,(H2,34,35,38). The van der Waals surface area contributed by atoms with Gasteiger partial charge in [0.25, 0.3) is 5.92 Å². The molecule has 6 nitrogen and oxygen atoms in total. The zero-order chi connectivity index (χ0) is 28.8. The van der Waals surface area contributed by atoms with Crippen molar-refractivity contribution in [1.82, 2.24) is 10.6 Å². The van der Waals surface area contributed by atoms with Crippen LogP contribution in [0.2, 0.25) is 5.02 Å². The molecule has 6 unspecified atom stereocenters. The van der Waals surface area contributed by atoms with Crippen molar-refractivity contribution < 1.29 is 28.2 Å². The van der Waals surface area contributed by atoms with E-state index in [1.54, 1.807) is 18.2 Å². The average molecular weight is 567 g/mol. The fourth-order valence-electron chi connectivity index (χ4n) is 8.33. The Morgan fingerprint density at radius 1 is 1.15 bits per heavy atom. The number of hydrogen-bond acceptors (Lipinski definition) is 4. The predicted octanol–water partition coefficient (Wildman–Crippen LogP) is 6.00. The Labute approximate surface area is 234 Å². The number of carbonyl (C=O) groups is 2. The van der Waals surface area contributed by atoms with Crippen molar-refractivity contribution in [3.8, 4) is 0 Å². The molecule has 0 heterocycles. The quantitative estimate of drug-likeness (QED) is 0.369. The first-order valence-electron chi connectivity index (χ1n) is 14.0. The summed E-state index contributed by atoms with van der Waals surface area (Å²) in [4.78, 5) is 25.5. The number of ether oxygens (including phenoxy) is 1. The Morgan fingerprint density at radius 2 is 1.79 bits per heavy atom. The van der Waals surface area contributed by atoms with Gasteiger partial charge in [0, 0.05) is 29.0 Å². The van der Waals surface area contributed by atoms with E-state index in [-0.39, 0.29) is 35.5 Å². The third-order valence-electron chi connectivity index (χ3n) is 10.6. The zero-order valence-electron chi connectivity index (χ0n) is 23.7. The number of nitrogens with one attached hydrogen (secondary N) is 2. The summed E-state index contributed by atoms with van der Waals surface area (Å²) >= 11 is 6.72. The van der Waals surface area contributed by atoms with Gasteiger partial charge in [0.15, 0.2) is 0 Å². The van der Waals surface area contributed by atoms with E-state index in [1.165, 1.54) is 7.11 Å². The molecule has 3 N–H and O–H groups in total. The largest absolute Gasteiger partial charge is 0.469 e. The van der Waals surface area contributed by atoms with Crippen molar-refractivity contribution in [1.29, 1.82) is 0 Å². The number of amides is 2. The Morgan fingerprint density at radius 3 is 2.31 bits per heavy atom. The van der Waals surface area contributed by atoms with Crippen LogP contribution in [-0.2, 0) is 15.1 Å². The van der Waals surface area contributed by atoms with Crippen LogP contribution in [0.1, 0.15) is 83.8 Å². The molecule has 5 fully saturated rings. The fourth-order valence-corrected chi connectivity index (χ4v) is 8.63. The highest BCUT2D eigenvalue weighted by molar-refractivity contribution is 6.31. The van der Waals surface area contributed by atoms with Crippen molar-refractivity contribution in [3.63, 3.8) is 0 Å². The van der Waals surface area contributed by atoms with Gasteiger partial charge >= 0.3 is 12.0 Å². The normalized spacial score (nSPS) is 40.1. The first-order chi connectivity index (χ1) is 18.1. The van der Waals surface area contributed by atoms with Crippen LogP contribution in [0.3, 0.4) is 0 Å². The molecule has 5 saturated carbocycles. The molecule has 0 saturated heterocycles. The van der Waals surface area contributed by atoms with Crippen LogP contribution in [0.15, 0.2) is 18.2 Å². The maximum Gasteiger partial charge on any atom is 0.315 e. The summed E-state index contributed by atoms with van der Waals surface area (Å²) in [5.41, 5.74) is -1.27. The lowest BCUT2D eigenvalue weighted by Gasteiger charge is -2.68. The molecule has 9 heteroatoms. The first kappa shape index (κ1) is 28.6. The van der Waals surface area contributed by atoms with Gasteiger partial charge in [-0.1, -0.05) is 58.4 Å². The number of benzene rings is 1. The van der Waals surface area contributed by atoms with Crippen LogP contribution < -0.4 is 10.6 Å². The molecule has 39 heavy (non-hydrogen) atoms. The zero-order valence-corrected chi connectivity index (χ0v) is 24.4. The lowest BCUT2D eigenvalue weighted by Crippen LogP contribution is -2.78. The predicted molar refractivity (Wildman–Crippen MR) is 145 cm³/mol. The summed E-state index contributed by atoms with van der Waals surface area (Å²) in [6.07, 6.45) is 3.05. The Balaban J connectivity index is 1.43. The number of esters is 1. The number of aliphatic hydroxyl groups excluding tert-OH is 1. The van der Waals surface area contributed by atoms with E-state index in [9.17, 15) is 23.5 Å². The number of urea groups is 1. The van der Waals surface area contributed by atoms with Crippen LogP contribution in [0, 0.1) is 34.5 Å². The van der Waals surface area contributed by atoms with Gasteiger partial charge in [-0.3, -0.25) is 4.79 Å². The van der Waals surface area contributed by atoms with E-state index in [0.29, 0.717) is 42.7 Å². The lowest BCUT2D eigenvalue weighted by atomic mass is 9.39. The minimum Gasteiger partial charge on any atom is -0.469 e. The number of alkyl halides is 2. The van der Waals surface area contributed by atoms with Crippen molar-refractivity contribution in [3.05, 3.63) is 34.3 Å². The molecule has 216 valence electrons. The van der Waals surface area contributed by atoms with Crippen LogP contribution in [0.5, 0.6) is 0 Å². The molecular weight excluding hydrogens is 526 g/mol. The summed E-state index contributed by atoms with van der Waals surface area (Å²) in [5.74, 6) is -4.67. The molecule has 2 amide bonds. The van der Waals surface area contributed by atoms with E-state index in [1.807, 2.05) is 20.8 Å². The van der Waals surface area contributed by atoms with Gasteiger partial charge < -0.3 is 20.5 Å². The average Bonchev–Trinajstić information content (AvgIpc) is 3.39. The molecule has 1 aromatic carbocycles. The van der Waals surface area contributed by atoms with Crippen molar-refractivity contribution >= 4 is 23.6 Å².